The standard InChI is InChI=1S/C22H33ClN6O.HI/c1-2-24-22(25-11-3-13-28-15-9-20(30)10-16-28)26-17-21(29-14-4-12-27-29)18-5-7-19(23)8-6-18;/h4-8,12,14,20-21,30H,2-3,9-11,13,15-17H2,1H3,(H2,24,25,26);1H. The van der Waals surface area contributed by atoms with Crippen LogP contribution in [0.15, 0.2) is 47.7 Å². The summed E-state index contributed by atoms with van der Waals surface area (Å²) in [7, 11) is 0. The molecule has 1 aromatic heterocycles. The van der Waals surface area contributed by atoms with Crippen LogP contribution < -0.4 is 10.6 Å². The molecule has 1 fully saturated rings. The summed E-state index contributed by atoms with van der Waals surface area (Å²) in [5, 5.41) is 21.5. The van der Waals surface area contributed by atoms with E-state index in [0.717, 1.165) is 68.5 Å². The van der Waals surface area contributed by atoms with Crippen LogP contribution in [0.3, 0.4) is 0 Å². The zero-order chi connectivity index (χ0) is 21.2. The van der Waals surface area contributed by atoms with Crippen LogP contribution in [-0.4, -0.2) is 71.1 Å². The average molecular weight is 561 g/mol. The fraction of sp³-hybridized carbons (Fsp3) is 0.545. The largest absolute Gasteiger partial charge is 0.393 e. The predicted octanol–water partition coefficient (Wildman–Crippen LogP) is 3.15. The summed E-state index contributed by atoms with van der Waals surface area (Å²) in [5.41, 5.74) is 1.12. The SMILES string of the molecule is CCNC(=NCC(c1ccc(Cl)cc1)n1cccn1)NCCCN1CCC(O)CC1.I. The summed E-state index contributed by atoms with van der Waals surface area (Å²) >= 11 is 6.06. The maximum absolute atomic E-state index is 9.62. The number of aliphatic imine (C=N–C) groups is 1. The van der Waals surface area contributed by atoms with Gasteiger partial charge in [-0.1, -0.05) is 23.7 Å². The van der Waals surface area contributed by atoms with Crippen LogP contribution in [0.2, 0.25) is 5.02 Å². The monoisotopic (exact) mass is 560 g/mol. The van der Waals surface area contributed by atoms with E-state index in [9.17, 15) is 5.11 Å². The third kappa shape index (κ3) is 8.59. The van der Waals surface area contributed by atoms with E-state index in [-0.39, 0.29) is 36.1 Å². The fourth-order valence-electron chi connectivity index (χ4n) is 3.66. The van der Waals surface area contributed by atoms with E-state index in [1.54, 1.807) is 6.20 Å². The van der Waals surface area contributed by atoms with E-state index in [1.165, 1.54) is 0 Å². The molecule has 1 aliphatic heterocycles. The molecule has 172 valence electrons. The van der Waals surface area contributed by atoms with Gasteiger partial charge in [-0.3, -0.25) is 9.67 Å². The number of aliphatic hydroxyl groups excluding tert-OH is 1. The van der Waals surface area contributed by atoms with Gasteiger partial charge >= 0.3 is 0 Å². The Bertz CT molecular complexity index is 763. The van der Waals surface area contributed by atoms with Crippen molar-refractivity contribution in [3.05, 3.63) is 53.3 Å². The summed E-state index contributed by atoms with van der Waals surface area (Å²) in [4.78, 5) is 7.24. The molecule has 0 radical (unpaired) electrons. The molecule has 1 aromatic carbocycles. The van der Waals surface area contributed by atoms with Crippen LogP contribution >= 0.6 is 35.6 Å². The molecule has 9 heteroatoms. The number of guanidine groups is 1. The second-order valence-corrected chi connectivity index (χ2v) is 8.06. The Morgan fingerprint density at radius 1 is 1.26 bits per heavy atom. The van der Waals surface area contributed by atoms with E-state index in [2.05, 4.69) is 27.6 Å². The second kappa shape index (κ2) is 13.9. The van der Waals surface area contributed by atoms with Gasteiger partial charge in [-0.2, -0.15) is 5.10 Å². The smallest absolute Gasteiger partial charge is 0.191 e. The van der Waals surface area contributed by atoms with E-state index in [4.69, 9.17) is 16.6 Å². The minimum atomic E-state index is -0.116. The molecule has 1 atom stereocenters. The maximum Gasteiger partial charge on any atom is 0.191 e. The third-order valence-corrected chi connectivity index (χ3v) is 5.62. The van der Waals surface area contributed by atoms with Gasteiger partial charge in [0.1, 0.15) is 0 Å². The number of halogens is 2. The van der Waals surface area contributed by atoms with Gasteiger partial charge in [-0.15, -0.1) is 24.0 Å². The molecular formula is C22H34ClIN6O. The number of aromatic nitrogens is 2. The number of nitrogens with zero attached hydrogens (tertiary/aromatic N) is 4. The maximum atomic E-state index is 9.62. The molecule has 31 heavy (non-hydrogen) atoms. The molecule has 0 amide bonds. The van der Waals surface area contributed by atoms with Crippen LogP contribution in [0.4, 0.5) is 0 Å². The molecule has 3 rings (SSSR count). The van der Waals surface area contributed by atoms with Crippen molar-refractivity contribution in [2.45, 2.75) is 38.3 Å². The molecule has 7 nitrogen and oxygen atoms in total. The van der Waals surface area contributed by atoms with Crippen molar-refractivity contribution >= 4 is 41.5 Å². The van der Waals surface area contributed by atoms with Crippen molar-refractivity contribution in [1.82, 2.24) is 25.3 Å². The van der Waals surface area contributed by atoms with Gasteiger partial charge in [0, 0.05) is 43.6 Å². The third-order valence-electron chi connectivity index (χ3n) is 5.37. The highest BCUT2D eigenvalue weighted by atomic mass is 127. The zero-order valence-corrected chi connectivity index (χ0v) is 21.2. The van der Waals surface area contributed by atoms with Gasteiger partial charge < -0.3 is 20.6 Å². The summed E-state index contributed by atoms with van der Waals surface area (Å²) in [6, 6.07) is 9.79. The normalized spacial score (nSPS) is 16.5. The number of benzene rings is 1. The molecule has 2 aromatic rings. The highest BCUT2D eigenvalue weighted by molar-refractivity contribution is 14.0. The molecule has 0 bridgehead atoms. The van der Waals surface area contributed by atoms with Crippen LogP contribution in [-0.2, 0) is 0 Å². The van der Waals surface area contributed by atoms with Crippen molar-refractivity contribution in [2.75, 3.05) is 39.3 Å². The van der Waals surface area contributed by atoms with Crippen LogP contribution in [0.25, 0.3) is 0 Å². The van der Waals surface area contributed by atoms with Crippen molar-refractivity contribution < 1.29 is 5.11 Å². The number of rotatable bonds is 9. The number of aliphatic hydroxyl groups is 1. The minimum Gasteiger partial charge on any atom is -0.393 e. The lowest BCUT2D eigenvalue weighted by molar-refractivity contribution is 0.0823. The lowest BCUT2D eigenvalue weighted by Gasteiger charge is -2.29. The van der Waals surface area contributed by atoms with E-state index < -0.39 is 0 Å². The Kier molecular flexibility index (Phi) is 11.6. The van der Waals surface area contributed by atoms with Gasteiger partial charge in [0.25, 0.3) is 0 Å². The van der Waals surface area contributed by atoms with Crippen molar-refractivity contribution in [3.63, 3.8) is 0 Å². The lowest BCUT2D eigenvalue weighted by atomic mass is 10.1. The summed E-state index contributed by atoms with van der Waals surface area (Å²) in [6.07, 6.45) is 6.45. The Morgan fingerprint density at radius 3 is 2.65 bits per heavy atom. The van der Waals surface area contributed by atoms with Gasteiger partial charge in [0.2, 0.25) is 0 Å². The highest BCUT2D eigenvalue weighted by Gasteiger charge is 2.16. The molecule has 1 saturated heterocycles. The number of hydrogen-bond donors (Lipinski definition) is 3. The average Bonchev–Trinajstić information content (AvgIpc) is 3.28. The quantitative estimate of drug-likeness (QED) is 0.190. The number of piperidine rings is 1. The van der Waals surface area contributed by atoms with E-state index in [1.807, 2.05) is 41.2 Å². The number of hydrogen-bond acceptors (Lipinski definition) is 4. The number of likely N-dealkylation sites (tertiary alicyclic amines) is 1. The zero-order valence-electron chi connectivity index (χ0n) is 18.1. The van der Waals surface area contributed by atoms with Crippen molar-refractivity contribution in [3.8, 4) is 0 Å². The van der Waals surface area contributed by atoms with E-state index in [0.29, 0.717) is 6.54 Å². The summed E-state index contributed by atoms with van der Waals surface area (Å²) in [5.74, 6) is 0.817. The fourth-order valence-corrected chi connectivity index (χ4v) is 3.79. The first-order valence-electron chi connectivity index (χ1n) is 10.8. The molecule has 1 aliphatic rings. The predicted molar refractivity (Wildman–Crippen MR) is 138 cm³/mol. The minimum absolute atomic E-state index is 0. The van der Waals surface area contributed by atoms with E-state index >= 15 is 0 Å². The lowest BCUT2D eigenvalue weighted by Crippen LogP contribution is -2.40. The molecule has 0 spiro atoms. The van der Waals surface area contributed by atoms with Gasteiger partial charge in [-0.25, -0.2) is 0 Å². The Labute approximate surface area is 207 Å². The molecular weight excluding hydrogens is 527 g/mol. The van der Waals surface area contributed by atoms with Crippen molar-refractivity contribution in [1.29, 1.82) is 0 Å². The first-order chi connectivity index (χ1) is 14.7. The topological polar surface area (TPSA) is 77.7 Å². The van der Waals surface area contributed by atoms with Gasteiger partial charge in [0.05, 0.1) is 18.7 Å². The first kappa shape index (κ1) is 25.9. The Balaban J connectivity index is 0.00000341. The number of nitrogens with one attached hydrogen (secondary N) is 2. The van der Waals surface area contributed by atoms with Gasteiger partial charge in [0.15, 0.2) is 5.96 Å². The molecule has 3 N–H and O–H groups in total. The van der Waals surface area contributed by atoms with Crippen LogP contribution in [0.5, 0.6) is 0 Å². The molecule has 0 saturated carbocycles. The Morgan fingerprint density at radius 2 is 2.00 bits per heavy atom. The molecule has 1 unspecified atom stereocenters. The van der Waals surface area contributed by atoms with Crippen molar-refractivity contribution in [2.24, 2.45) is 4.99 Å². The Hall–Kier alpha value is -1.36. The van der Waals surface area contributed by atoms with Crippen LogP contribution in [0.1, 0.15) is 37.8 Å². The summed E-state index contributed by atoms with van der Waals surface area (Å²) < 4.78 is 1.93. The first-order valence-corrected chi connectivity index (χ1v) is 11.2. The highest BCUT2D eigenvalue weighted by Crippen LogP contribution is 2.20. The van der Waals surface area contributed by atoms with Gasteiger partial charge in [-0.05, 0) is 56.5 Å². The molecule has 2 heterocycles. The second-order valence-electron chi connectivity index (χ2n) is 7.63. The molecule has 0 aliphatic carbocycles. The van der Waals surface area contributed by atoms with Crippen LogP contribution in [0, 0.1) is 0 Å². The summed E-state index contributed by atoms with van der Waals surface area (Å²) in [6.45, 7) is 7.33.